The van der Waals surface area contributed by atoms with Gasteiger partial charge in [0.1, 0.15) is 0 Å². The van der Waals surface area contributed by atoms with E-state index in [-0.39, 0.29) is 5.25 Å². The van der Waals surface area contributed by atoms with Gasteiger partial charge in [-0.25, -0.2) is 9.10 Å². The fourth-order valence-corrected chi connectivity index (χ4v) is 7.61. The highest BCUT2D eigenvalue weighted by Gasteiger charge is 2.37. The first-order valence-corrected chi connectivity index (χ1v) is 10.8. The highest BCUT2D eigenvalue weighted by atomic mass is 32.7. The van der Waals surface area contributed by atoms with Crippen LogP contribution in [0.1, 0.15) is 33.6 Å². The molecule has 0 aliphatic heterocycles. The van der Waals surface area contributed by atoms with E-state index < -0.39 is 12.7 Å². The number of carbonyl (C=O) groups excluding carboxylic acids is 2. The van der Waals surface area contributed by atoms with Crippen molar-refractivity contribution in [1.29, 1.82) is 0 Å². The van der Waals surface area contributed by atoms with Crippen LogP contribution in [-0.4, -0.2) is 58.6 Å². The van der Waals surface area contributed by atoms with E-state index in [9.17, 15) is 14.2 Å². The summed E-state index contributed by atoms with van der Waals surface area (Å²) in [6.07, 6.45) is 1.60. The van der Waals surface area contributed by atoms with Gasteiger partial charge in [0, 0.05) is 26.4 Å². The summed E-state index contributed by atoms with van der Waals surface area (Å²) in [5.74, 6) is 0. The van der Waals surface area contributed by atoms with Gasteiger partial charge in [-0.2, -0.15) is 4.08 Å². The topological polar surface area (TPSA) is 70.2 Å². The van der Waals surface area contributed by atoms with E-state index in [4.69, 9.17) is 4.74 Å². The Hall–Kier alpha value is -0.370. The first kappa shape index (κ1) is 21.6. The predicted molar refractivity (Wildman–Crippen MR) is 93.5 cm³/mol. The molecule has 2 unspecified atom stereocenters. The number of hydrogen-bond donors (Lipinski definition) is 0. The molecule has 0 radical (unpaired) electrons. The Bertz CT molecular complexity index is 414. The van der Waals surface area contributed by atoms with E-state index in [0.717, 1.165) is 25.0 Å². The molecule has 0 bridgehead atoms. The van der Waals surface area contributed by atoms with Gasteiger partial charge in [0.2, 0.25) is 6.41 Å². The van der Waals surface area contributed by atoms with Crippen LogP contribution in [0.3, 0.4) is 0 Å². The van der Waals surface area contributed by atoms with Crippen molar-refractivity contribution >= 4 is 42.7 Å². The summed E-state index contributed by atoms with van der Waals surface area (Å²) < 4.78 is 22.1. The minimum absolute atomic E-state index is 0.119. The summed E-state index contributed by atoms with van der Waals surface area (Å²) in [6.45, 7) is 3.02. The van der Waals surface area contributed by atoms with Crippen LogP contribution in [0.15, 0.2) is 0 Å². The van der Waals surface area contributed by atoms with Crippen molar-refractivity contribution in [3.8, 4) is 0 Å². The molecule has 0 saturated heterocycles. The number of amides is 2. The van der Waals surface area contributed by atoms with E-state index in [2.05, 4.69) is 0 Å². The number of nitrogens with zero attached hydrogens (tertiary/aromatic N) is 3. The molecule has 7 nitrogen and oxygen atoms in total. The van der Waals surface area contributed by atoms with Crippen LogP contribution in [0.4, 0.5) is 4.79 Å². The number of rotatable bonds is 10. The lowest BCUT2D eigenvalue weighted by atomic mass is 10.4. The van der Waals surface area contributed by atoms with Crippen molar-refractivity contribution in [3.05, 3.63) is 0 Å². The molecule has 0 spiro atoms. The van der Waals surface area contributed by atoms with E-state index in [0.29, 0.717) is 13.0 Å². The van der Waals surface area contributed by atoms with E-state index in [1.54, 1.807) is 14.1 Å². The Morgan fingerprint density at radius 1 is 1.32 bits per heavy atom. The Morgan fingerprint density at radius 3 is 2.36 bits per heavy atom. The zero-order valence-corrected chi connectivity index (χ0v) is 16.5. The largest absolute Gasteiger partial charge is 0.449 e. The van der Waals surface area contributed by atoms with Gasteiger partial charge in [-0.05, 0) is 12.8 Å². The van der Waals surface area contributed by atoms with Gasteiger partial charge in [-0.3, -0.25) is 14.0 Å². The van der Waals surface area contributed by atoms with Crippen LogP contribution < -0.4 is 0 Å². The molecule has 0 aromatic heterocycles. The fraction of sp³-hybridized carbons (Fsp3) is 0.833. The van der Waals surface area contributed by atoms with Gasteiger partial charge >= 0.3 is 12.7 Å². The monoisotopic (exact) mass is 371 g/mol. The second-order valence-corrected chi connectivity index (χ2v) is 11.5. The van der Waals surface area contributed by atoms with Crippen molar-refractivity contribution in [2.75, 3.05) is 27.7 Å². The minimum Gasteiger partial charge on any atom is -0.449 e. The smallest absolute Gasteiger partial charge is 0.420 e. The minimum atomic E-state index is -3.16. The molecule has 0 heterocycles. The van der Waals surface area contributed by atoms with Gasteiger partial charge < -0.3 is 4.74 Å². The molecule has 0 saturated carbocycles. The predicted octanol–water partition coefficient (Wildman–Crippen LogP) is 3.69. The zero-order chi connectivity index (χ0) is 17.3. The molecule has 22 heavy (non-hydrogen) atoms. The molecule has 2 atom stereocenters. The SMILES string of the molecule is CCCOC(=O)N(C)SN(C)P(=O)(SC(C)CC)N(C)C=O. The van der Waals surface area contributed by atoms with Gasteiger partial charge in [0.25, 0.3) is 0 Å². The highest BCUT2D eigenvalue weighted by Crippen LogP contribution is 2.66. The Morgan fingerprint density at radius 2 is 1.91 bits per heavy atom. The standard InChI is InChI=1S/C12H26N3O4PS2/c1-7-9-19-12(17)14(5)22-15(6)20(18,13(4)10-16)21-11(3)8-2/h10-11H,7-9H2,1-6H3. The van der Waals surface area contributed by atoms with Crippen molar-refractivity contribution in [2.45, 2.75) is 38.9 Å². The van der Waals surface area contributed by atoms with E-state index in [1.807, 2.05) is 20.8 Å². The molecule has 0 rings (SSSR count). The van der Waals surface area contributed by atoms with E-state index in [1.165, 1.54) is 31.5 Å². The third-order valence-electron chi connectivity index (χ3n) is 2.73. The molecular weight excluding hydrogens is 345 g/mol. The molecule has 0 aliphatic carbocycles. The first-order valence-electron chi connectivity index (χ1n) is 7.02. The Balaban J connectivity index is 4.97. The van der Waals surface area contributed by atoms with Crippen molar-refractivity contribution in [2.24, 2.45) is 0 Å². The van der Waals surface area contributed by atoms with Crippen LogP contribution >= 0.6 is 30.2 Å². The van der Waals surface area contributed by atoms with E-state index >= 15 is 0 Å². The highest BCUT2D eigenvalue weighted by molar-refractivity contribution is 8.58. The molecule has 0 aromatic rings. The average Bonchev–Trinajstić information content (AvgIpc) is 2.50. The van der Waals surface area contributed by atoms with Crippen molar-refractivity contribution in [1.82, 2.24) is 13.1 Å². The van der Waals surface area contributed by atoms with Gasteiger partial charge in [0.05, 0.1) is 18.7 Å². The van der Waals surface area contributed by atoms with Crippen molar-refractivity contribution in [3.63, 3.8) is 0 Å². The van der Waals surface area contributed by atoms with Crippen LogP contribution in [0.25, 0.3) is 0 Å². The summed E-state index contributed by atoms with van der Waals surface area (Å²) in [5, 5.41) is 0.119. The van der Waals surface area contributed by atoms with Crippen LogP contribution in [-0.2, 0) is 14.1 Å². The molecular formula is C12H26N3O4PS2. The number of carbonyl (C=O) groups is 2. The van der Waals surface area contributed by atoms with Gasteiger partial charge in [0.15, 0.2) is 0 Å². The Kier molecular flexibility index (Phi) is 10.2. The maximum atomic E-state index is 13.2. The lowest BCUT2D eigenvalue weighted by molar-refractivity contribution is -0.113. The molecule has 0 fully saturated rings. The van der Waals surface area contributed by atoms with Crippen LogP contribution in [0, 0.1) is 0 Å². The maximum Gasteiger partial charge on any atom is 0.420 e. The zero-order valence-electron chi connectivity index (χ0n) is 14.0. The Labute approximate surface area is 141 Å². The van der Waals surface area contributed by atoms with Crippen LogP contribution in [0.2, 0.25) is 0 Å². The third-order valence-corrected chi connectivity index (χ3v) is 10.5. The average molecular weight is 371 g/mol. The lowest BCUT2D eigenvalue weighted by Gasteiger charge is -2.34. The van der Waals surface area contributed by atoms with Gasteiger partial charge in [-0.1, -0.05) is 32.2 Å². The summed E-state index contributed by atoms with van der Waals surface area (Å²) in [7, 11) is 4.62. The first-order chi connectivity index (χ1) is 10.2. The summed E-state index contributed by atoms with van der Waals surface area (Å²) in [5.41, 5.74) is 0. The number of ether oxygens (including phenoxy) is 1. The molecule has 130 valence electrons. The fourth-order valence-electron chi connectivity index (χ4n) is 1.24. The summed E-state index contributed by atoms with van der Waals surface area (Å²) in [4.78, 5) is 22.8. The molecule has 0 N–H and O–H groups in total. The second kappa shape index (κ2) is 10.4. The summed E-state index contributed by atoms with van der Waals surface area (Å²) in [6, 6.07) is 0. The lowest BCUT2D eigenvalue weighted by Crippen LogP contribution is -2.28. The molecule has 10 heteroatoms. The quantitative estimate of drug-likeness (QED) is 0.329. The van der Waals surface area contributed by atoms with Gasteiger partial charge in [-0.15, -0.1) is 0 Å². The maximum absolute atomic E-state index is 13.2. The third kappa shape index (κ3) is 6.40. The number of hydrogen-bond acceptors (Lipinski definition) is 6. The normalized spacial score (nSPS) is 15.0. The van der Waals surface area contributed by atoms with Crippen LogP contribution in [0.5, 0.6) is 0 Å². The molecule has 2 amide bonds. The van der Waals surface area contributed by atoms with Crippen molar-refractivity contribution < 1.29 is 18.9 Å². The summed E-state index contributed by atoms with van der Waals surface area (Å²) >= 11 is 2.20. The molecule has 0 aliphatic rings. The second-order valence-electron chi connectivity index (χ2n) is 4.65. The molecule has 0 aromatic carbocycles.